The third-order valence-electron chi connectivity index (χ3n) is 1.51. The van der Waals surface area contributed by atoms with E-state index >= 15 is 0 Å². The summed E-state index contributed by atoms with van der Waals surface area (Å²) < 4.78 is 1.10. The van der Waals surface area contributed by atoms with Gasteiger partial charge in [-0.2, -0.15) is 0 Å². The minimum atomic E-state index is 1.10. The Balaban J connectivity index is 2.70. The van der Waals surface area contributed by atoms with Crippen molar-refractivity contribution >= 4 is 22.0 Å². The lowest BCUT2D eigenvalue weighted by Gasteiger charge is -1.90. The van der Waals surface area contributed by atoms with Gasteiger partial charge in [0.2, 0.25) is 0 Å². The van der Waals surface area contributed by atoms with E-state index < -0.39 is 0 Å². The maximum Gasteiger partial charge on any atom is 0.0132 e. The second-order valence-corrected chi connectivity index (χ2v) is 3.33. The van der Waals surface area contributed by atoms with Crippen LogP contribution in [0.4, 0.5) is 0 Å². The fraction of sp³-hybridized carbons (Fsp3) is 0.0909. The zero-order valence-electron chi connectivity index (χ0n) is 7.00. The van der Waals surface area contributed by atoms with E-state index in [9.17, 15) is 0 Å². The maximum atomic E-state index is 3.41. The first-order chi connectivity index (χ1) is 5.83. The molecular weight excluding hydrogens is 212 g/mol. The number of hydrogen-bond donors (Lipinski definition) is 0. The van der Waals surface area contributed by atoms with Gasteiger partial charge in [0.15, 0.2) is 0 Å². The summed E-state index contributed by atoms with van der Waals surface area (Å²) in [5, 5.41) is 0. The standard InChI is InChI=1S/C11H11Br/c1-2-11(12)9-8-10-6-4-3-5-7-10/h2-9H,1H3/b9-8-,11-2-. The predicted molar refractivity (Wildman–Crippen MR) is 58.2 cm³/mol. The molecule has 0 saturated heterocycles. The highest BCUT2D eigenvalue weighted by molar-refractivity contribution is 9.11. The van der Waals surface area contributed by atoms with Crippen LogP contribution in [0.15, 0.2) is 47.0 Å². The Hall–Kier alpha value is -0.820. The Morgan fingerprint density at radius 1 is 1.25 bits per heavy atom. The first-order valence-electron chi connectivity index (χ1n) is 3.88. The SMILES string of the molecule is C/C=C(Br)/C=C\c1ccccc1. The Morgan fingerprint density at radius 2 is 1.92 bits per heavy atom. The zero-order valence-corrected chi connectivity index (χ0v) is 8.58. The van der Waals surface area contributed by atoms with Crippen molar-refractivity contribution in [1.82, 2.24) is 0 Å². The van der Waals surface area contributed by atoms with Crippen LogP contribution in [0, 0.1) is 0 Å². The molecule has 0 aromatic heterocycles. The first kappa shape index (κ1) is 9.27. The number of benzene rings is 1. The molecule has 1 aromatic rings. The molecule has 0 aliphatic carbocycles. The lowest BCUT2D eigenvalue weighted by atomic mass is 10.2. The molecule has 1 rings (SSSR count). The fourth-order valence-corrected chi connectivity index (χ4v) is 0.968. The molecule has 0 amide bonds. The van der Waals surface area contributed by atoms with Crippen LogP contribution >= 0.6 is 15.9 Å². The molecule has 12 heavy (non-hydrogen) atoms. The van der Waals surface area contributed by atoms with Crippen molar-refractivity contribution < 1.29 is 0 Å². The van der Waals surface area contributed by atoms with Crippen molar-refractivity contribution in [2.75, 3.05) is 0 Å². The molecule has 0 N–H and O–H groups in total. The van der Waals surface area contributed by atoms with Crippen molar-refractivity contribution in [3.8, 4) is 0 Å². The van der Waals surface area contributed by atoms with E-state index in [1.165, 1.54) is 5.56 Å². The predicted octanol–water partition coefficient (Wildman–Crippen LogP) is 4.00. The summed E-state index contributed by atoms with van der Waals surface area (Å²) in [7, 11) is 0. The van der Waals surface area contributed by atoms with Crippen molar-refractivity contribution in [3.05, 3.63) is 52.5 Å². The Labute approximate surface area is 81.7 Å². The van der Waals surface area contributed by atoms with E-state index in [4.69, 9.17) is 0 Å². The highest BCUT2D eigenvalue weighted by Gasteiger charge is 1.83. The molecule has 0 aliphatic rings. The van der Waals surface area contributed by atoms with Gasteiger partial charge in [0.25, 0.3) is 0 Å². The van der Waals surface area contributed by atoms with Crippen molar-refractivity contribution in [2.45, 2.75) is 6.92 Å². The van der Waals surface area contributed by atoms with Gasteiger partial charge in [0.1, 0.15) is 0 Å². The van der Waals surface area contributed by atoms with E-state index in [-0.39, 0.29) is 0 Å². The van der Waals surface area contributed by atoms with Crippen LogP contribution < -0.4 is 0 Å². The Kier molecular flexibility index (Phi) is 3.81. The molecule has 0 saturated carbocycles. The van der Waals surface area contributed by atoms with Crippen molar-refractivity contribution in [3.63, 3.8) is 0 Å². The molecular formula is C11H11Br. The molecule has 0 heterocycles. The summed E-state index contributed by atoms with van der Waals surface area (Å²) in [4.78, 5) is 0. The second-order valence-electron chi connectivity index (χ2n) is 2.42. The van der Waals surface area contributed by atoms with Crippen LogP contribution in [0.3, 0.4) is 0 Å². The molecule has 0 aliphatic heterocycles. The van der Waals surface area contributed by atoms with Gasteiger partial charge in [0.05, 0.1) is 0 Å². The van der Waals surface area contributed by atoms with E-state index in [0.717, 1.165) is 4.48 Å². The van der Waals surface area contributed by atoms with Gasteiger partial charge in [-0.25, -0.2) is 0 Å². The van der Waals surface area contributed by atoms with E-state index in [1.807, 2.05) is 37.3 Å². The topological polar surface area (TPSA) is 0 Å². The minimum absolute atomic E-state index is 1.10. The maximum absolute atomic E-state index is 3.41. The number of halogens is 1. The molecule has 0 fully saturated rings. The Morgan fingerprint density at radius 3 is 2.50 bits per heavy atom. The fourth-order valence-electron chi connectivity index (χ4n) is 0.836. The van der Waals surface area contributed by atoms with E-state index in [1.54, 1.807) is 0 Å². The van der Waals surface area contributed by atoms with Crippen LogP contribution in [-0.2, 0) is 0 Å². The smallest absolute Gasteiger partial charge is 0.0132 e. The normalized spacial score (nSPS) is 12.3. The summed E-state index contributed by atoms with van der Waals surface area (Å²) in [6.07, 6.45) is 6.12. The average molecular weight is 223 g/mol. The lowest BCUT2D eigenvalue weighted by molar-refractivity contribution is 1.65. The molecule has 0 unspecified atom stereocenters. The summed E-state index contributed by atoms with van der Waals surface area (Å²) in [6, 6.07) is 10.2. The first-order valence-corrected chi connectivity index (χ1v) is 4.67. The summed E-state index contributed by atoms with van der Waals surface area (Å²) in [5.74, 6) is 0. The molecule has 0 nitrogen and oxygen atoms in total. The molecule has 62 valence electrons. The highest BCUT2D eigenvalue weighted by atomic mass is 79.9. The summed E-state index contributed by atoms with van der Waals surface area (Å²) in [6.45, 7) is 2.00. The van der Waals surface area contributed by atoms with Crippen LogP contribution in [0.5, 0.6) is 0 Å². The lowest BCUT2D eigenvalue weighted by Crippen LogP contribution is -1.68. The largest absolute Gasteiger partial charge is 0.0734 e. The molecule has 1 heteroatoms. The Bertz CT molecular complexity index is 283. The third kappa shape index (κ3) is 3.05. The number of allylic oxidation sites excluding steroid dienone is 3. The highest BCUT2D eigenvalue weighted by Crippen LogP contribution is 2.09. The van der Waals surface area contributed by atoms with Crippen LogP contribution in [0.2, 0.25) is 0 Å². The van der Waals surface area contributed by atoms with Crippen LogP contribution in [0.1, 0.15) is 12.5 Å². The van der Waals surface area contributed by atoms with Crippen molar-refractivity contribution in [2.24, 2.45) is 0 Å². The monoisotopic (exact) mass is 222 g/mol. The summed E-state index contributed by atoms with van der Waals surface area (Å²) >= 11 is 3.41. The van der Waals surface area contributed by atoms with Crippen LogP contribution in [-0.4, -0.2) is 0 Å². The minimum Gasteiger partial charge on any atom is -0.0734 e. The van der Waals surface area contributed by atoms with Gasteiger partial charge in [-0.3, -0.25) is 0 Å². The van der Waals surface area contributed by atoms with E-state index in [2.05, 4.69) is 34.1 Å². The van der Waals surface area contributed by atoms with Gasteiger partial charge in [-0.1, -0.05) is 58.4 Å². The second kappa shape index (κ2) is 4.94. The van der Waals surface area contributed by atoms with Gasteiger partial charge in [-0.15, -0.1) is 0 Å². The summed E-state index contributed by atoms with van der Waals surface area (Å²) in [5.41, 5.74) is 1.22. The van der Waals surface area contributed by atoms with Gasteiger partial charge in [0, 0.05) is 4.48 Å². The number of rotatable bonds is 2. The molecule has 0 spiro atoms. The molecule has 0 bridgehead atoms. The third-order valence-corrected chi connectivity index (χ3v) is 2.23. The quantitative estimate of drug-likeness (QED) is 0.664. The average Bonchev–Trinajstić information content (AvgIpc) is 2.16. The van der Waals surface area contributed by atoms with Gasteiger partial charge >= 0.3 is 0 Å². The van der Waals surface area contributed by atoms with E-state index in [0.29, 0.717) is 0 Å². The van der Waals surface area contributed by atoms with Gasteiger partial charge in [-0.05, 0) is 18.6 Å². The number of hydrogen-bond acceptors (Lipinski definition) is 0. The zero-order chi connectivity index (χ0) is 8.81. The van der Waals surface area contributed by atoms with Crippen LogP contribution in [0.25, 0.3) is 6.08 Å². The van der Waals surface area contributed by atoms with Crippen molar-refractivity contribution in [1.29, 1.82) is 0 Å². The molecule has 0 radical (unpaired) electrons. The molecule has 1 aromatic carbocycles. The van der Waals surface area contributed by atoms with Gasteiger partial charge < -0.3 is 0 Å². The molecule has 0 atom stereocenters.